The molecule has 2 aromatic rings. The van der Waals surface area contributed by atoms with Gasteiger partial charge < -0.3 is 9.84 Å². The Balaban J connectivity index is 1.69. The van der Waals surface area contributed by atoms with Gasteiger partial charge in [-0.2, -0.15) is 0 Å². The van der Waals surface area contributed by atoms with Crippen molar-refractivity contribution in [2.24, 2.45) is 0 Å². The van der Waals surface area contributed by atoms with Crippen LogP contribution in [0.2, 0.25) is 0 Å². The predicted molar refractivity (Wildman–Crippen MR) is 83.6 cm³/mol. The Morgan fingerprint density at radius 1 is 1.00 bits per heavy atom. The number of aliphatic hydroxyl groups excluding tert-OH is 1. The summed E-state index contributed by atoms with van der Waals surface area (Å²) < 4.78 is 5.82. The smallest absolute Gasteiger partial charge is 0.127 e. The Kier molecular flexibility index (Phi) is 4.53. The van der Waals surface area contributed by atoms with E-state index in [1.807, 2.05) is 42.5 Å². The van der Waals surface area contributed by atoms with Crippen molar-refractivity contribution in [2.45, 2.75) is 18.9 Å². The summed E-state index contributed by atoms with van der Waals surface area (Å²) in [4.78, 5) is 2.35. The molecule has 1 aliphatic heterocycles. The number of rotatable bonds is 5. The molecule has 0 aliphatic carbocycles. The number of hydrogen-bond donors (Lipinski definition) is 1. The van der Waals surface area contributed by atoms with Crippen LogP contribution in [0.25, 0.3) is 0 Å². The monoisotopic (exact) mass is 283 g/mol. The highest BCUT2D eigenvalue weighted by molar-refractivity contribution is 5.34. The van der Waals surface area contributed by atoms with Crippen molar-refractivity contribution in [3.8, 4) is 11.5 Å². The molecule has 3 heteroatoms. The highest BCUT2D eigenvalue weighted by atomic mass is 16.5. The summed E-state index contributed by atoms with van der Waals surface area (Å²) in [5, 5.41) is 9.14. The molecule has 2 aromatic carbocycles. The van der Waals surface area contributed by atoms with Crippen LogP contribution in [0.4, 0.5) is 0 Å². The maximum absolute atomic E-state index is 9.14. The Morgan fingerprint density at radius 3 is 2.43 bits per heavy atom. The number of ether oxygens (including phenoxy) is 1. The van der Waals surface area contributed by atoms with E-state index in [1.54, 1.807) is 0 Å². The quantitative estimate of drug-likeness (QED) is 0.910. The maximum atomic E-state index is 9.14. The molecule has 21 heavy (non-hydrogen) atoms. The molecule has 0 radical (unpaired) electrons. The first kappa shape index (κ1) is 14.1. The van der Waals surface area contributed by atoms with Crippen molar-refractivity contribution in [3.63, 3.8) is 0 Å². The molecule has 3 rings (SSSR count). The molecule has 1 aliphatic rings. The molecule has 1 atom stereocenters. The van der Waals surface area contributed by atoms with E-state index in [4.69, 9.17) is 9.84 Å². The van der Waals surface area contributed by atoms with Gasteiger partial charge in [0, 0.05) is 12.6 Å². The summed E-state index contributed by atoms with van der Waals surface area (Å²) in [7, 11) is 0. The van der Waals surface area contributed by atoms with Crippen LogP contribution in [-0.2, 0) is 0 Å². The van der Waals surface area contributed by atoms with Crippen LogP contribution >= 0.6 is 0 Å². The second-order valence-corrected chi connectivity index (χ2v) is 5.40. The molecule has 0 aromatic heterocycles. The maximum Gasteiger partial charge on any atom is 0.127 e. The first-order valence-corrected chi connectivity index (χ1v) is 7.54. The highest BCUT2D eigenvalue weighted by Gasteiger charge is 2.25. The number of para-hydroxylation sites is 1. The molecule has 1 heterocycles. The lowest BCUT2D eigenvalue weighted by molar-refractivity contribution is 0.185. The van der Waals surface area contributed by atoms with Crippen molar-refractivity contribution in [1.29, 1.82) is 0 Å². The van der Waals surface area contributed by atoms with Crippen molar-refractivity contribution >= 4 is 0 Å². The second-order valence-electron chi connectivity index (χ2n) is 5.40. The molecule has 1 unspecified atom stereocenters. The van der Waals surface area contributed by atoms with Crippen molar-refractivity contribution < 1.29 is 9.84 Å². The highest BCUT2D eigenvalue weighted by Crippen LogP contribution is 2.32. The summed E-state index contributed by atoms with van der Waals surface area (Å²) in [6.45, 7) is 2.06. The standard InChI is InChI=1S/C18H21NO2/c20-14-13-19-12-4-7-18(19)15-8-10-17(11-9-15)21-16-5-2-1-3-6-16/h1-3,5-6,8-11,18,20H,4,7,12-14H2. The minimum absolute atomic E-state index is 0.228. The molecule has 1 fully saturated rings. The van der Waals surface area contributed by atoms with Crippen LogP contribution in [0.1, 0.15) is 24.4 Å². The molecule has 0 amide bonds. The molecular formula is C18H21NO2. The third-order valence-corrected chi connectivity index (χ3v) is 3.99. The van der Waals surface area contributed by atoms with Gasteiger partial charge in [0.15, 0.2) is 0 Å². The molecule has 1 N–H and O–H groups in total. The topological polar surface area (TPSA) is 32.7 Å². The fourth-order valence-corrected chi connectivity index (χ4v) is 2.98. The van der Waals surface area contributed by atoms with E-state index >= 15 is 0 Å². The van der Waals surface area contributed by atoms with E-state index in [0.717, 1.165) is 24.6 Å². The van der Waals surface area contributed by atoms with Gasteiger partial charge in [-0.3, -0.25) is 4.90 Å². The van der Waals surface area contributed by atoms with E-state index in [0.29, 0.717) is 6.04 Å². The van der Waals surface area contributed by atoms with Gasteiger partial charge in [-0.15, -0.1) is 0 Å². The normalized spacial score (nSPS) is 18.8. The SMILES string of the molecule is OCCN1CCCC1c1ccc(Oc2ccccc2)cc1. The third-order valence-electron chi connectivity index (χ3n) is 3.99. The van der Waals surface area contributed by atoms with Crippen LogP contribution in [0.5, 0.6) is 11.5 Å². The zero-order valence-corrected chi connectivity index (χ0v) is 12.1. The average molecular weight is 283 g/mol. The van der Waals surface area contributed by atoms with Gasteiger partial charge >= 0.3 is 0 Å². The average Bonchev–Trinajstić information content (AvgIpc) is 2.98. The summed E-state index contributed by atoms with van der Waals surface area (Å²) in [5.41, 5.74) is 1.31. The lowest BCUT2D eigenvalue weighted by Gasteiger charge is -2.24. The summed E-state index contributed by atoms with van der Waals surface area (Å²) in [6, 6.07) is 18.6. The van der Waals surface area contributed by atoms with Crippen LogP contribution in [0.15, 0.2) is 54.6 Å². The van der Waals surface area contributed by atoms with E-state index in [2.05, 4.69) is 17.0 Å². The summed E-state index contributed by atoms with van der Waals surface area (Å²) >= 11 is 0. The summed E-state index contributed by atoms with van der Waals surface area (Å²) in [5.74, 6) is 1.71. The molecule has 110 valence electrons. The summed E-state index contributed by atoms with van der Waals surface area (Å²) in [6.07, 6.45) is 2.37. The van der Waals surface area contributed by atoms with Crippen molar-refractivity contribution in [1.82, 2.24) is 4.90 Å². The Hall–Kier alpha value is -1.84. The van der Waals surface area contributed by atoms with Gasteiger partial charge in [-0.1, -0.05) is 30.3 Å². The fraction of sp³-hybridized carbons (Fsp3) is 0.333. The van der Waals surface area contributed by atoms with Gasteiger partial charge in [-0.25, -0.2) is 0 Å². The number of β-amino-alcohol motifs (C(OH)–C–C–N with tert-alkyl or cyclic N) is 1. The first-order chi connectivity index (χ1) is 10.4. The van der Waals surface area contributed by atoms with Gasteiger partial charge in [0.2, 0.25) is 0 Å². The third kappa shape index (κ3) is 3.43. The largest absolute Gasteiger partial charge is 0.457 e. The number of benzene rings is 2. The van der Waals surface area contributed by atoms with E-state index in [-0.39, 0.29) is 6.61 Å². The van der Waals surface area contributed by atoms with Crippen LogP contribution in [0, 0.1) is 0 Å². The van der Waals surface area contributed by atoms with Crippen LogP contribution in [0.3, 0.4) is 0 Å². The minimum atomic E-state index is 0.228. The van der Waals surface area contributed by atoms with Gasteiger partial charge in [0.1, 0.15) is 11.5 Å². The Bertz CT molecular complexity index is 553. The minimum Gasteiger partial charge on any atom is -0.457 e. The number of nitrogens with zero attached hydrogens (tertiary/aromatic N) is 1. The number of hydrogen-bond acceptors (Lipinski definition) is 3. The first-order valence-electron chi connectivity index (χ1n) is 7.54. The van der Waals surface area contributed by atoms with Crippen LogP contribution in [-0.4, -0.2) is 29.7 Å². The van der Waals surface area contributed by atoms with E-state index in [9.17, 15) is 0 Å². The van der Waals surface area contributed by atoms with Gasteiger partial charge in [0.25, 0.3) is 0 Å². The molecule has 0 spiro atoms. The Labute approximate surface area is 125 Å². The van der Waals surface area contributed by atoms with Crippen molar-refractivity contribution in [3.05, 3.63) is 60.2 Å². The zero-order valence-electron chi connectivity index (χ0n) is 12.1. The van der Waals surface area contributed by atoms with Crippen molar-refractivity contribution in [2.75, 3.05) is 19.7 Å². The second kappa shape index (κ2) is 6.74. The van der Waals surface area contributed by atoms with Gasteiger partial charge in [-0.05, 0) is 49.2 Å². The molecule has 0 bridgehead atoms. The van der Waals surface area contributed by atoms with Gasteiger partial charge in [0.05, 0.1) is 6.61 Å². The Morgan fingerprint density at radius 2 is 1.71 bits per heavy atom. The zero-order chi connectivity index (χ0) is 14.5. The lowest BCUT2D eigenvalue weighted by Crippen LogP contribution is -2.26. The number of aliphatic hydroxyl groups is 1. The van der Waals surface area contributed by atoms with E-state index < -0.39 is 0 Å². The van der Waals surface area contributed by atoms with E-state index in [1.165, 1.54) is 18.4 Å². The molecular weight excluding hydrogens is 262 g/mol. The molecule has 0 saturated carbocycles. The number of likely N-dealkylation sites (tertiary alicyclic amines) is 1. The molecule has 1 saturated heterocycles. The lowest BCUT2D eigenvalue weighted by atomic mass is 10.0. The predicted octanol–water partition coefficient (Wildman–Crippen LogP) is 3.61. The fourth-order valence-electron chi connectivity index (χ4n) is 2.98. The van der Waals surface area contributed by atoms with Crippen LogP contribution < -0.4 is 4.74 Å². The molecule has 3 nitrogen and oxygen atoms in total.